The van der Waals surface area contributed by atoms with E-state index in [1.54, 1.807) is 12.4 Å². The zero-order chi connectivity index (χ0) is 23.5. The van der Waals surface area contributed by atoms with Gasteiger partial charge in [0.2, 0.25) is 0 Å². The van der Waals surface area contributed by atoms with Crippen molar-refractivity contribution in [2.45, 2.75) is 26.2 Å². The number of aromatic nitrogens is 4. The Labute approximate surface area is 200 Å². The molecule has 4 heteroatoms. The Morgan fingerprint density at radius 1 is 0.471 bits per heavy atom. The SMILES string of the molecule is CC(C)(C)c1cc(-c2ccc(-c3ccccn3)nc2)cc(-c2ccc(-c3ccccn3)nc2)c1. The lowest BCUT2D eigenvalue weighted by Crippen LogP contribution is -2.11. The van der Waals surface area contributed by atoms with E-state index in [-0.39, 0.29) is 5.41 Å². The van der Waals surface area contributed by atoms with Gasteiger partial charge in [0.05, 0.1) is 22.8 Å². The Hall–Kier alpha value is -4.18. The van der Waals surface area contributed by atoms with E-state index in [4.69, 9.17) is 0 Å². The van der Waals surface area contributed by atoms with Crippen molar-refractivity contribution in [3.05, 3.63) is 109 Å². The predicted molar refractivity (Wildman–Crippen MR) is 138 cm³/mol. The van der Waals surface area contributed by atoms with Crippen LogP contribution in [0, 0.1) is 0 Å². The Bertz CT molecular complexity index is 1290. The van der Waals surface area contributed by atoms with Gasteiger partial charge in [-0.25, -0.2) is 0 Å². The summed E-state index contributed by atoms with van der Waals surface area (Å²) in [5.41, 5.74) is 9.17. The van der Waals surface area contributed by atoms with Crippen LogP contribution in [0.2, 0.25) is 0 Å². The third-order valence-corrected chi connectivity index (χ3v) is 5.85. The molecule has 34 heavy (non-hydrogen) atoms. The number of hydrogen-bond donors (Lipinski definition) is 0. The summed E-state index contributed by atoms with van der Waals surface area (Å²) in [6.07, 6.45) is 7.43. The third-order valence-electron chi connectivity index (χ3n) is 5.85. The lowest BCUT2D eigenvalue weighted by atomic mass is 9.83. The summed E-state index contributed by atoms with van der Waals surface area (Å²) >= 11 is 0. The molecule has 0 unspecified atom stereocenters. The third kappa shape index (κ3) is 4.62. The first-order chi connectivity index (χ1) is 16.5. The molecule has 5 rings (SSSR count). The van der Waals surface area contributed by atoms with Gasteiger partial charge in [-0.1, -0.05) is 57.2 Å². The molecule has 5 aromatic rings. The van der Waals surface area contributed by atoms with E-state index in [2.05, 4.69) is 71.0 Å². The van der Waals surface area contributed by atoms with Gasteiger partial charge >= 0.3 is 0 Å². The molecular weight excluding hydrogens is 416 g/mol. The molecule has 0 aliphatic heterocycles. The highest BCUT2D eigenvalue weighted by molar-refractivity contribution is 5.75. The molecule has 4 heterocycles. The Morgan fingerprint density at radius 3 is 1.29 bits per heavy atom. The van der Waals surface area contributed by atoms with Crippen LogP contribution in [0.3, 0.4) is 0 Å². The molecule has 0 atom stereocenters. The van der Waals surface area contributed by atoms with E-state index in [0.717, 1.165) is 45.0 Å². The molecule has 0 fully saturated rings. The van der Waals surface area contributed by atoms with Gasteiger partial charge in [0.25, 0.3) is 0 Å². The average molecular weight is 443 g/mol. The van der Waals surface area contributed by atoms with Crippen molar-refractivity contribution in [3.8, 4) is 45.0 Å². The van der Waals surface area contributed by atoms with Crippen LogP contribution in [0.25, 0.3) is 45.0 Å². The van der Waals surface area contributed by atoms with Gasteiger partial charge < -0.3 is 0 Å². The summed E-state index contributed by atoms with van der Waals surface area (Å²) in [6, 6.07) is 26.8. The van der Waals surface area contributed by atoms with Crippen LogP contribution in [0.15, 0.2) is 104 Å². The fourth-order valence-electron chi connectivity index (χ4n) is 3.85. The van der Waals surface area contributed by atoms with Crippen molar-refractivity contribution in [1.82, 2.24) is 19.9 Å². The highest BCUT2D eigenvalue weighted by Gasteiger charge is 2.17. The van der Waals surface area contributed by atoms with Gasteiger partial charge in [-0.2, -0.15) is 0 Å². The summed E-state index contributed by atoms with van der Waals surface area (Å²) in [5, 5.41) is 0. The van der Waals surface area contributed by atoms with E-state index in [0.29, 0.717) is 0 Å². The van der Waals surface area contributed by atoms with Gasteiger partial charge in [-0.15, -0.1) is 0 Å². The molecule has 0 radical (unpaired) electrons. The second-order valence-corrected chi connectivity index (χ2v) is 9.34. The smallest absolute Gasteiger partial charge is 0.0886 e. The minimum atomic E-state index is 0.00736. The number of hydrogen-bond acceptors (Lipinski definition) is 4. The molecule has 0 N–H and O–H groups in total. The van der Waals surface area contributed by atoms with Crippen LogP contribution < -0.4 is 0 Å². The molecule has 0 saturated heterocycles. The van der Waals surface area contributed by atoms with E-state index in [1.807, 2.05) is 60.9 Å². The summed E-state index contributed by atoms with van der Waals surface area (Å²) in [4.78, 5) is 18.2. The van der Waals surface area contributed by atoms with Crippen LogP contribution in [0.4, 0.5) is 0 Å². The van der Waals surface area contributed by atoms with Crippen LogP contribution in [0.1, 0.15) is 26.3 Å². The minimum absolute atomic E-state index is 0.00736. The van der Waals surface area contributed by atoms with Crippen LogP contribution >= 0.6 is 0 Å². The first-order valence-corrected chi connectivity index (χ1v) is 11.4. The quantitative estimate of drug-likeness (QED) is 0.294. The molecular formula is C30H26N4. The first-order valence-electron chi connectivity index (χ1n) is 11.4. The van der Waals surface area contributed by atoms with Gasteiger partial charge in [-0.3, -0.25) is 19.9 Å². The van der Waals surface area contributed by atoms with Crippen LogP contribution in [-0.4, -0.2) is 19.9 Å². The minimum Gasteiger partial charge on any atom is -0.255 e. The first kappa shape index (κ1) is 21.7. The van der Waals surface area contributed by atoms with Crippen molar-refractivity contribution < 1.29 is 0 Å². The molecule has 0 saturated carbocycles. The monoisotopic (exact) mass is 442 g/mol. The van der Waals surface area contributed by atoms with E-state index < -0.39 is 0 Å². The number of nitrogens with zero attached hydrogens (tertiary/aromatic N) is 4. The Balaban J connectivity index is 1.53. The summed E-state index contributed by atoms with van der Waals surface area (Å²) in [6.45, 7) is 6.71. The maximum Gasteiger partial charge on any atom is 0.0886 e. The second-order valence-electron chi connectivity index (χ2n) is 9.34. The Kier molecular flexibility index (Phi) is 5.72. The lowest BCUT2D eigenvalue weighted by Gasteiger charge is -2.21. The molecule has 0 bridgehead atoms. The molecule has 0 amide bonds. The predicted octanol–water partition coefficient (Wildman–Crippen LogP) is 7.23. The topological polar surface area (TPSA) is 51.6 Å². The van der Waals surface area contributed by atoms with Gasteiger partial charge in [-0.05, 0) is 64.6 Å². The maximum atomic E-state index is 4.68. The zero-order valence-electron chi connectivity index (χ0n) is 19.6. The number of pyridine rings is 4. The summed E-state index contributed by atoms with van der Waals surface area (Å²) < 4.78 is 0. The maximum absolute atomic E-state index is 4.68. The van der Waals surface area contributed by atoms with Crippen molar-refractivity contribution in [1.29, 1.82) is 0 Å². The molecule has 0 spiro atoms. The fraction of sp³-hybridized carbons (Fsp3) is 0.133. The summed E-state index contributed by atoms with van der Waals surface area (Å²) in [5.74, 6) is 0. The zero-order valence-corrected chi connectivity index (χ0v) is 19.6. The molecule has 1 aromatic carbocycles. The lowest BCUT2D eigenvalue weighted by molar-refractivity contribution is 0.590. The molecule has 0 aliphatic carbocycles. The largest absolute Gasteiger partial charge is 0.255 e. The highest BCUT2D eigenvalue weighted by atomic mass is 14.8. The normalized spacial score (nSPS) is 11.4. The van der Waals surface area contributed by atoms with Gasteiger partial charge in [0, 0.05) is 35.9 Å². The fourth-order valence-corrected chi connectivity index (χ4v) is 3.85. The molecule has 4 aromatic heterocycles. The number of rotatable bonds is 4. The Morgan fingerprint density at radius 2 is 0.941 bits per heavy atom. The van der Waals surface area contributed by atoms with Crippen molar-refractivity contribution in [2.75, 3.05) is 0 Å². The van der Waals surface area contributed by atoms with Crippen molar-refractivity contribution >= 4 is 0 Å². The van der Waals surface area contributed by atoms with Crippen LogP contribution in [0.5, 0.6) is 0 Å². The highest BCUT2D eigenvalue weighted by Crippen LogP contribution is 2.34. The summed E-state index contributed by atoms with van der Waals surface area (Å²) in [7, 11) is 0. The molecule has 0 aliphatic rings. The second kappa shape index (κ2) is 8.99. The van der Waals surface area contributed by atoms with Crippen molar-refractivity contribution in [3.63, 3.8) is 0 Å². The average Bonchev–Trinajstić information content (AvgIpc) is 2.89. The van der Waals surface area contributed by atoms with Crippen LogP contribution in [-0.2, 0) is 5.41 Å². The van der Waals surface area contributed by atoms with Gasteiger partial charge in [0.15, 0.2) is 0 Å². The standard InChI is InChI=1S/C30H26N4/c1-30(2,3)25-17-23(21-10-12-28(33-19-21)26-8-4-6-14-31-26)16-24(18-25)22-11-13-29(34-20-22)27-9-5-7-15-32-27/h4-20H,1-3H3. The molecule has 4 nitrogen and oxygen atoms in total. The van der Waals surface area contributed by atoms with E-state index in [1.165, 1.54) is 5.56 Å². The number of benzene rings is 1. The van der Waals surface area contributed by atoms with Gasteiger partial charge in [0.1, 0.15) is 0 Å². The van der Waals surface area contributed by atoms with E-state index in [9.17, 15) is 0 Å². The van der Waals surface area contributed by atoms with Crippen molar-refractivity contribution in [2.24, 2.45) is 0 Å². The molecule has 166 valence electrons. The van der Waals surface area contributed by atoms with E-state index >= 15 is 0 Å².